The maximum Gasteiger partial charge on any atom is 0.269 e. The molecule has 0 heterocycles. The molecule has 0 aliphatic heterocycles. The zero-order valence-corrected chi connectivity index (χ0v) is 23.0. The Balaban J connectivity index is 1.48. The number of nitrogens with one attached hydrogen (secondary N) is 4. The van der Waals surface area contributed by atoms with Crippen molar-refractivity contribution in [2.45, 2.75) is 20.8 Å². The number of hydrazine groups is 1. The van der Waals surface area contributed by atoms with E-state index in [2.05, 4.69) is 37.4 Å². The maximum atomic E-state index is 12.5. The fraction of sp³-hybridized carbons (Fsp3) is 0.185. The Morgan fingerprint density at radius 1 is 0.865 bits per heavy atom. The number of anilines is 1. The van der Waals surface area contributed by atoms with Gasteiger partial charge >= 0.3 is 0 Å². The Labute approximate surface area is 229 Å². The number of hydrogen-bond donors (Lipinski definition) is 4. The van der Waals surface area contributed by atoms with E-state index in [1.807, 2.05) is 32.9 Å². The second-order valence-corrected chi connectivity index (χ2v) is 9.88. The minimum absolute atomic E-state index is 0.0726. The molecule has 0 spiro atoms. The first-order valence-electron chi connectivity index (χ1n) is 11.4. The number of ether oxygens (including phenoxy) is 1. The summed E-state index contributed by atoms with van der Waals surface area (Å²) < 4.78 is 6.33. The number of amides is 3. The second-order valence-electron chi connectivity index (χ2n) is 8.61. The van der Waals surface area contributed by atoms with Gasteiger partial charge in [0.25, 0.3) is 17.7 Å². The van der Waals surface area contributed by atoms with Crippen molar-refractivity contribution in [1.82, 2.24) is 16.2 Å². The molecule has 0 radical (unpaired) electrons. The Kier molecular flexibility index (Phi) is 9.76. The summed E-state index contributed by atoms with van der Waals surface area (Å²) in [6, 6.07) is 18.6. The molecule has 8 nitrogen and oxygen atoms in total. The molecular formula is C27H27BrN4O4S. The molecule has 0 aliphatic carbocycles. The van der Waals surface area contributed by atoms with Crippen molar-refractivity contribution in [3.63, 3.8) is 0 Å². The SMILES string of the molecule is Cc1cccc(C(=O)Nc2ccc(C(=O)NNC(=S)NC(=O)c3ccc(OCC(C)C)c(Br)c3)cc2)c1. The third-order valence-electron chi connectivity index (χ3n) is 4.97. The Morgan fingerprint density at radius 2 is 1.54 bits per heavy atom. The average Bonchev–Trinajstić information content (AvgIpc) is 2.86. The van der Waals surface area contributed by atoms with Crippen LogP contribution in [0.5, 0.6) is 5.75 Å². The number of halogens is 1. The molecule has 10 heteroatoms. The molecule has 192 valence electrons. The summed E-state index contributed by atoms with van der Waals surface area (Å²) >= 11 is 8.52. The van der Waals surface area contributed by atoms with Crippen molar-refractivity contribution in [2.24, 2.45) is 5.92 Å². The van der Waals surface area contributed by atoms with Crippen LogP contribution in [0, 0.1) is 12.8 Å². The van der Waals surface area contributed by atoms with Gasteiger partial charge in [0.05, 0.1) is 11.1 Å². The number of hydrogen-bond acceptors (Lipinski definition) is 5. The first-order chi connectivity index (χ1) is 17.6. The summed E-state index contributed by atoms with van der Waals surface area (Å²) in [5.41, 5.74) is 7.71. The molecule has 0 aliphatic rings. The zero-order valence-electron chi connectivity index (χ0n) is 20.6. The first kappa shape index (κ1) is 27.8. The zero-order chi connectivity index (χ0) is 26.9. The Morgan fingerprint density at radius 3 is 2.19 bits per heavy atom. The molecule has 3 rings (SSSR count). The van der Waals surface area contributed by atoms with E-state index in [4.69, 9.17) is 17.0 Å². The lowest BCUT2D eigenvalue weighted by Crippen LogP contribution is -2.48. The summed E-state index contributed by atoms with van der Waals surface area (Å²) in [5.74, 6) is -0.150. The predicted molar refractivity (Wildman–Crippen MR) is 151 cm³/mol. The van der Waals surface area contributed by atoms with Crippen molar-refractivity contribution in [1.29, 1.82) is 0 Å². The predicted octanol–water partition coefficient (Wildman–Crippen LogP) is 4.99. The molecule has 0 saturated heterocycles. The van der Waals surface area contributed by atoms with Crippen LogP contribution in [0.15, 0.2) is 71.2 Å². The van der Waals surface area contributed by atoms with Gasteiger partial charge in [-0.05, 0) is 95.6 Å². The molecule has 3 aromatic carbocycles. The minimum Gasteiger partial charge on any atom is -0.492 e. The molecule has 3 aromatic rings. The highest BCUT2D eigenvalue weighted by molar-refractivity contribution is 9.10. The lowest BCUT2D eigenvalue weighted by Gasteiger charge is -2.13. The quantitative estimate of drug-likeness (QED) is 0.231. The van der Waals surface area contributed by atoms with Gasteiger partial charge in [0, 0.05) is 22.4 Å². The first-order valence-corrected chi connectivity index (χ1v) is 12.6. The summed E-state index contributed by atoms with van der Waals surface area (Å²) in [4.78, 5) is 37.3. The minimum atomic E-state index is -0.470. The lowest BCUT2D eigenvalue weighted by molar-refractivity contribution is 0.0934. The van der Waals surface area contributed by atoms with Gasteiger partial charge in [0.2, 0.25) is 0 Å². The van der Waals surface area contributed by atoms with E-state index in [9.17, 15) is 14.4 Å². The van der Waals surface area contributed by atoms with Crippen LogP contribution in [0.4, 0.5) is 5.69 Å². The van der Waals surface area contributed by atoms with E-state index >= 15 is 0 Å². The molecule has 0 saturated carbocycles. The highest BCUT2D eigenvalue weighted by Gasteiger charge is 2.13. The highest BCUT2D eigenvalue weighted by Crippen LogP contribution is 2.26. The number of carbonyl (C=O) groups is 3. The van der Waals surface area contributed by atoms with Crippen LogP contribution in [0.1, 0.15) is 50.5 Å². The maximum absolute atomic E-state index is 12.5. The van der Waals surface area contributed by atoms with Crippen molar-refractivity contribution >= 4 is 56.7 Å². The molecule has 3 amide bonds. The van der Waals surface area contributed by atoms with E-state index in [0.717, 1.165) is 5.56 Å². The standard InChI is InChI=1S/C27H27BrN4O4S/c1-16(2)15-36-23-12-9-20(14-22(23)28)25(34)30-27(37)32-31-26(35)18-7-10-21(11-8-18)29-24(33)19-6-4-5-17(3)13-19/h4-14,16H,15H2,1-3H3,(H,29,33)(H,31,35)(H2,30,32,34,37). The normalized spacial score (nSPS) is 10.4. The van der Waals surface area contributed by atoms with Gasteiger partial charge < -0.3 is 10.1 Å². The van der Waals surface area contributed by atoms with Gasteiger partial charge in [0.15, 0.2) is 5.11 Å². The third-order valence-corrected chi connectivity index (χ3v) is 5.79. The largest absolute Gasteiger partial charge is 0.492 e. The lowest BCUT2D eigenvalue weighted by atomic mass is 10.1. The van der Waals surface area contributed by atoms with Gasteiger partial charge in [-0.2, -0.15) is 0 Å². The van der Waals surface area contributed by atoms with E-state index in [-0.39, 0.29) is 11.0 Å². The average molecular weight is 584 g/mol. The molecule has 0 bridgehead atoms. The third kappa shape index (κ3) is 8.40. The number of carbonyl (C=O) groups excluding carboxylic acids is 3. The van der Waals surface area contributed by atoms with Gasteiger partial charge in [-0.1, -0.05) is 31.5 Å². The summed E-state index contributed by atoms with van der Waals surface area (Å²) in [6.45, 7) is 6.56. The van der Waals surface area contributed by atoms with Crippen LogP contribution < -0.4 is 26.2 Å². The van der Waals surface area contributed by atoms with E-state index < -0.39 is 11.8 Å². The van der Waals surface area contributed by atoms with E-state index in [1.165, 1.54) is 0 Å². The molecule has 0 aromatic heterocycles. The molecule has 0 unspecified atom stereocenters. The van der Waals surface area contributed by atoms with Gasteiger partial charge in [-0.3, -0.25) is 30.6 Å². The summed E-state index contributed by atoms with van der Waals surface area (Å²) in [5, 5.41) is 5.23. The number of rotatable bonds is 7. The van der Waals surface area contributed by atoms with Crippen LogP contribution in [0.3, 0.4) is 0 Å². The molecule has 0 fully saturated rings. The van der Waals surface area contributed by atoms with Crippen LogP contribution >= 0.6 is 28.1 Å². The number of thiocarbonyl (C=S) groups is 1. The van der Waals surface area contributed by atoms with Gasteiger partial charge in [-0.15, -0.1) is 0 Å². The second kappa shape index (κ2) is 13.0. The summed E-state index contributed by atoms with van der Waals surface area (Å²) in [6.07, 6.45) is 0. The van der Waals surface area contributed by atoms with Crippen LogP contribution in [0.25, 0.3) is 0 Å². The van der Waals surface area contributed by atoms with Crippen molar-refractivity contribution in [3.05, 3.63) is 93.5 Å². The van der Waals surface area contributed by atoms with E-state index in [0.29, 0.717) is 45.1 Å². The van der Waals surface area contributed by atoms with Gasteiger partial charge in [-0.25, -0.2) is 0 Å². The Hall–Kier alpha value is -3.76. The highest BCUT2D eigenvalue weighted by atomic mass is 79.9. The van der Waals surface area contributed by atoms with Crippen molar-refractivity contribution < 1.29 is 19.1 Å². The molecule has 0 atom stereocenters. The van der Waals surface area contributed by atoms with Crippen LogP contribution in [-0.4, -0.2) is 29.4 Å². The topological polar surface area (TPSA) is 109 Å². The van der Waals surface area contributed by atoms with Gasteiger partial charge in [0.1, 0.15) is 5.75 Å². The fourth-order valence-electron chi connectivity index (χ4n) is 3.10. The Bertz CT molecular complexity index is 1310. The van der Waals surface area contributed by atoms with Crippen molar-refractivity contribution in [3.8, 4) is 5.75 Å². The van der Waals surface area contributed by atoms with Crippen LogP contribution in [0.2, 0.25) is 0 Å². The van der Waals surface area contributed by atoms with Crippen LogP contribution in [-0.2, 0) is 0 Å². The number of benzene rings is 3. The monoisotopic (exact) mass is 582 g/mol. The summed E-state index contributed by atoms with van der Waals surface area (Å²) in [7, 11) is 0. The fourth-order valence-corrected chi connectivity index (χ4v) is 3.74. The smallest absolute Gasteiger partial charge is 0.269 e. The molecule has 4 N–H and O–H groups in total. The van der Waals surface area contributed by atoms with E-state index in [1.54, 1.807) is 54.6 Å². The van der Waals surface area contributed by atoms with Crippen molar-refractivity contribution in [2.75, 3.05) is 11.9 Å². The molecular weight excluding hydrogens is 556 g/mol. The number of aryl methyl sites for hydroxylation is 1. The molecule has 37 heavy (non-hydrogen) atoms.